The molecular formula is C19H22ClNO5S. The van der Waals surface area contributed by atoms with Gasteiger partial charge in [-0.1, -0.05) is 18.0 Å². The molecule has 1 aromatic carbocycles. The van der Waals surface area contributed by atoms with Crippen LogP contribution in [0.2, 0.25) is 5.02 Å². The van der Waals surface area contributed by atoms with Crippen LogP contribution in [0, 0.1) is 5.92 Å². The van der Waals surface area contributed by atoms with E-state index in [9.17, 15) is 13.2 Å². The summed E-state index contributed by atoms with van der Waals surface area (Å²) in [6.07, 6.45) is 4.35. The Morgan fingerprint density at radius 2 is 2.07 bits per heavy atom. The second kappa shape index (κ2) is 8.35. The van der Waals surface area contributed by atoms with Gasteiger partial charge in [-0.3, -0.25) is 4.79 Å². The molecule has 0 bridgehead atoms. The average Bonchev–Trinajstić information content (AvgIpc) is 3.08. The van der Waals surface area contributed by atoms with Gasteiger partial charge in [-0.05, 0) is 50.1 Å². The molecule has 6 nitrogen and oxygen atoms in total. The summed E-state index contributed by atoms with van der Waals surface area (Å²) in [6, 6.07) is 8.28. The summed E-state index contributed by atoms with van der Waals surface area (Å²) in [5.74, 6) is 0.733. The molecule has 2 aromatic rings. The molecular weight excluding hydrogens is 390 g/mol. The minimum absolute atomic E-state index is 0.00268. The van der Waals surface area contributed by atoms with Gasteiger partial charge in [-0.2, -0.15) is 8.42 Å². The number of carbonyl (C=O) groups excluding carboxylic acids is 1. The number of benzene rings is 1. The Labute approximate surface area is 164 Å². The zero-order valence-electron chi connectivity index (χ0n) is 15.1. The van der Waals surface area contributed by atoms with E-state index in [1.165, 1.54) is 13.0 Å². The van der Waals surface area contributed by atoms with Crippen molar-refractivity contribution in [2.45, 2.75) is 39.3 Å². The summed E-state index contributed by atoms with van der Waals surface area (Å²) < 4.78 is 34.4. The maximum Gasteiger partial charge on any atom is 0.308 e. The van der Waals surface area contributed by atoms with E-state index in [1.54, 1.807) is 35.4 Å². The van der Waals surface area contributed by atoms with E-state index in [2.05, 4.69) is 0 Å². The number of furan rings is 1. The van der Waals surface area contributed by atoms with E-state index in [1.807, 2.05) is 0 Å². The Morgan fingerprint density at radius 1 is 1.30 bits per heavy atom. The zero-order valence-corrected chi connectivity index (χ0v) is 16.6. The highest BCUT2D eigenvalue weighted by molar-refractivity contribution is 7.87. The summed E-state index contributed by atoms with van der Waals surface area (Å²) in [4.78, 5) is 14.6. The van der Waals surface area contributed by atoms with E-state index < -0.39 is 10.1 Å². The maximum absolute atomic E-state index is 12.9. The largest absolute Gasteiger partial charge is 0.467 e. The van der Waals surface area contributed by atoms with E-state index in [0.717, 1.165) is 19.3 Å². The van der Waals surface area contributed by atoms with Crippen molar-refractivity contribution < 1.29 is 21.8 Å². The van der Waals surface area contributed by atoms with Crippen molar-refractivity contribution in [2.75, 3.05) is 5.75 Å². The summed E-state index contributed by atoms with van der Waals surface area (Å²) in [6.45, 7) is 1.99. The maximum atomic E-state index is 12.9. The molecule has 0 saturated heterocycles. The monoisotopic (exact) mass is 411 g/mol. The third-order valence-electron chi connectivity index (χ3n) is 4.65. The van der Waals surface area contributed by atoms with E-state index in [4.69, 9.17) is 20.2 Å². The molecule has 8 heteroatoms. The number of amides is 1. The first-order valence-electron chi connectivity index (χ1n) is 8.89. The highest BCUT2D eigenvalue weighted by Crippen LogP contribution is 2.31. The van der Waals surface area contributed by atoms with E-state index >= 15 is 0 Å². The Kier molecular flexibility index (Phi) is 6.11. The quantitative estimate of drug-likeness (QED) is 0.614. The number of halogens is 1. The second-order valence-corrected chi connectivity index (χ2v) is 8.88. The van der Waals surface area contributed by atoms with Gasteiger partial charge >= 0.3 is 10.1 Å². The first-order chi connectivity index (χ1) is 12.9. The number of nitrogens with zero attached hydrogens (tertiary/aromatic N) is 1. The summed E-state index contributed by atoms with van der Waals surface area (Å²) in [7, 11) is -3.69. The Hall–Kier alpha value is -1.99. The molecule has 1 fully saturated rings. The van der Waals surface area contributed by atoms with Gasteiger partial charge in [-0.15, -0.1) is 0 Å². The molecule has 27 heavy (non-hydrogen) atoms. The van der Waals surface area contributed by atoms with Crippen LogP contribution in [0.3, 0.4) is 0 Å². The summed E-state index contributed by atoms with van der Waals surface area (Å²) in [5, 5.41) is 0.445. The standard InChI is InChI=1S/C19H22ClNO5S/c1-2-27(23,24)26-18-9-8-16(20)11-15(18)12-21(13-17-7-4-10-25-17)19(22)14-5-3-6-14/h4,7-11,14H,2-3,5-6,12-13H2,1H3. The molecule has 1 aromatic heterocycles. The molecule has 1 heterocycles. The predicted octanol–water partition coefficient (Wildman–Crippen LogP) is 3.99. The molecule has 0 aliphatic heterocycles. The SMILES string of the molecule is CCS(=O)(=O)Oc1ccc(Cl)cc1CN(Cc1ccco1)C(=O)C1CCC1. The topological polar surface area (TPSA) is 76.8 Å². The van der Waals surface area contributed by atoms with Crippen molar-refractivity contribution >= 4 is 27.6 Å². The summed E-state index contributed by atoms with van der Waals surface area (Å²) >= 11 is 6.10. The Morgan fingerprint density at radius 3 is 2.67 bits per heavy atom. The molecule has 0 atom stereocenters. The highest BCUT2D eigenvalue weighted by atomic mass is 35.5. The van der Waals surface area contributed by atoms with Crippen molar-refractivity contribution in [2.24, 2.45) is 5.92 Å². The first-order valence-corrected chi connectivity index (χ1v) is 10.8. The lowest BCUT2D eigenvalue weighted by Gasteiger charge is -2.31. The first kappa shape index (κ1) is 19.8. The van der Waals surface area contributed by atoms with Gasteiger partial charge in [0.2, 0.25) is 5.91 Å². The van der Waals surface area contributed by atoms with Gasteiger partial charge in [0.05, 0.1) is 18.6 Å². The molecule has 3 rings (SSSR count). The van der Waals surface area contributed by atoms with Crippen LogP contribution in [0.5, 0.6) is 5.75 Å². The molecule has 146 valence electrons. The minimum atomic E-state index is -3.69. The van der Waals surface area contributed by atoms with Crippen LogP contribution >= 0.6 is 11.6 Å². The van der Waals surface area contributed by atoms with Crippen LogP contribution in [-0.4, -0.2) is 25.0 Å². The van der Waals surface area contributed by atoms with Crippen LogP contribution in [0.25, 0.3) is 0 Å². The number of hydrogen-bond acceptors (Lipinski definition) is 5. The Balaban J connectivity index is 1.87. The van der Waals surface area contributed by atoms with Crippen LogP contribution in [0.4, 0.5) is 0 Å². The lowest BCUT2D eigenvalue weighted by atomic mass is 9.84. The predicted molar refractivity (Wildman–Crippen MR) is 102 cm³/mol. The molecule has 0 unspecified atom stereocenters. The fraction of sp³-hybridized carbons (Fsp3) is 0.421. The average molecular weight is 412 g/mol. The third-order valence-corrected chi connectivity index (χ3v) is 6.02. The molecule has 0 spiro atoms. The van der Waals surface area contributed by atoms with Gasteiger partial charge in [0, 0.05) is 23.0 Å². The van der Waals surface area contributed by atoms with Crippen LogP contribution < -0.4 is 4.18 Å². The smallest absolute Gasteiger partial charge is 0.308 e. The number of carbonyl (C=O) groups is 1. The molecule has 1 amide bonds. The molecule has 0 N–H and O–H groups in total. The lowest BCUT2D eigenvalue weighted by Crippen LogP contribution is -2.38. The van der Waals surface area contributed by atoms with Crippen molar-refractivity contribution in [1.82, 2.24) is 4.90 Å². The summed E-state index contributed by atoms with van der Waals surface area (Å²) in [5.41, 5.74) is 0.541. The van der Waals surface area contributed by atoms with Crippen molar-refractivity contribution in [3.05, 3.63) is 52.9 Å². The van der Waals surface area contributed by atoms with Gasteiger partial charge in [0.15, 0.2) is 0 Å². The number of hydrogen-bond donors (Lipinski definition) is 0. The molecule has 0 radical (unpaired) electrons. The van der Waals surface area contributed by atoms with Gasteiger partial charge in [-0.25, -0.2) is 0 Å². The number of rotatable bonds is 8. The van der Waals surface area contributed by atoms with E-state index in [-0.39, 0.29) is 29.9 Å². The van der Waals surface area contributed by atoms with Crippen LogP contribution in [-0.2, 0) is 28.0 Å². The lowest BCUT2D eigenvalue weighted by molar-refractivity contribution is -0.139. The van der Waals surface area contributed by atoms with Crippen molar-refractivity contribution in [3.63, 3.8) is 0 Å². The second-order valence-electron chi connectivity index (χ2n) is 6.58. The molecule has 1 aliphatic rings. The fourth-order valence-electron chi connectivity index (χ4n) is 2.87. The highest BCUT2D eigenvalue weighted by Gasteiger charge is 2.30. The normalized spacial score (nSPS) is 14.6. The van der Waals surface area contributed by atoms with E-state index in [0.29, 0.717) is 22.9 Å². The van der Waals surface area contributed by atoms with Gasteiger partial charge in [0.1, 0.15) is 11.5 Å². The minimum Gasteiger partial charge on any atom is -0.467 e. The Bertz CT molecular complexity index is 891. The zero-order chi connectivity index (χ0) is 19.4. The van der Waals surface area contributed by atoms with Crippen LogP contribution in [0.15, 0.2) is 41.0 Å². The van der Waals surface area contributed by atoms with Crippen molar-refractivity contribution in [3.8, 4) is 5.75 Å². The fourth-order valence-corrected chi connectivity index (χ4v) is 3.62. The molecule has 1 aliphatic carbocycles. The van der Waals surface area contributed by atoms with Crippen LogP contribution in [0.1, 0.15) is 37.5 Å². The van der Waals surface area contributed by atoms with Gasteiger partial charge < -0.3 is 13.5 Å². The third kappa shape index (κ3) is 5.05. The van der Waals surface area contributed by atoms with Crippen molar-refractivity contribution in [1.29, 1.82) is 0 Å². The molecule has 1 saturated carbocycles. The van der Waals surface area contributed by atoms with Gasteiger partial charge in [0.25, 0.3) is 0 Å².